The number of aromatic nitrogens is 1. The third kappa shape index (κ3) is 2.63. The number of aliphatic carboxylic acids is 1. The van der Waals surface area contributed by atoms with E-state index in [2.05, 4.69) is 18.0 Å². The molecular weight excluding hydrogens is 240 g/mol. The molecule has 0 spiro atoms. The Kier molecular flexibility index (Phi) is 3.90. The Morgan fingerprint density at radius 3 is 2.89 bits per heavy atom. The molecule has 1 aromatic rings. The minimum absolute atomic E-state index is 0.343. The second kappa shape index (κ2) is 5.45. The van der Waals surface area contributed by atoms with Crippen LogP contribution in [0, 0.1) is 0 Å². The SMILES string of the molecule is C/C=C\C=C/c1cc2c([nH]1)C(C(=O)O)N(C)CC2C. The Hall–Kier alpha value is -1.81. The van der Waals surface area contributed by atoms with Crippen molar-refractivity contribution in [2.45, 2.75) is 25.8 Å². The van der Waals surface area contributed by atoms with Crippen LogP contribution in [0.25, 0.3) is 6.08 Å². The molecule has 1 aliphatic rings. The molecule has 102 valence electrons. The van der Waals surface area contributed by atoms with Crippen molar-refractivity contribution in [1.82, 2.24) is 9.88 Å². The predicted octanol–water partition coefficient (Wildman–Crippen LogP) is 2.78. The van der Waals surface area contributed by atoms with Gasteiger partial charge in [-0.1, -0.05) is 25.2 Å². The second-order valence-corrected chi connectivity index (χ2v) is 5.06. The molecule has 2 rings (SSSR count). The quantitative estimate of drug-likeness (QED) is 0.822. The molecule has 0 radical (unpaired) electrons. The zero-order chi connectivity index (χ0) is 14.0. The number of H-pyrrole nitrogens is 1. The number of hydrogen-bond donors (Lipinski definition) is 2. The average Bonchev–Trinajstić information content (AvgIpc) is 2.73. The summed E-state index contributed by atoms with van der Waals surface area (Å²) < 4.78 is 0. The third-order valence-corrected chi connectivity index (χ3v) is 3.52. The highest BCUT2D eigenvalue weighted by Crippen LogP contribution is 2.35. The van der Waals surface area contributed by atoms with Crippen molar-refractivity contribution >= 4 is 12.0 Å². The van der Waals surface area contributed by atoms with Gasteiger partial charge in [0, 0.05) is 17.9 Å². The molecule has 0 fully saturated rings. The summed E-state index contributed by atoms with van der Waals surface area (Å²) >= 11 is 0. The molecule has 2 N–H and O–H groups in total. The lowest BCUT2D eigenvalue weighted by atomic mass is 9.92. The molecule has 1 aromatic heterocycles. The van der Waals surface area contributed by atoms with Crippen LogP contribution in [0.4, 0.5) is 0 Å². The first-order valence-electron chi connectivity index (χ1n) is 6.49. The van der Waals surface area contributed by atoms with Crippen LogP contribution in [-0.4, -0.2) is 34.6 Å². The summed E-state index contributed by atoms with van der Waals surface area (Å²) in [5, 5.41) is 9.37. The lowest BCUT2D eigenvalue weighted by molar-refractivity contribution is -0.143. The lowest BCUT2D eigenvalue weighted by Gasteiger charge is -2.33. The number of nitrogens with one attached hydrogen (secondary N) is 1. The summed E-state index contributed by atoms with van der Waals surface area (Å²) in [4.78, 5) is 16.5. The number of carboxylic acids is 1. The maximum absolute atomic E-state index is 11.4. The van der Waals surface area contributed by atoms with E-state index in [-0.39, 0.29) is 0 Å². The molecule has 2 atom stereocenters. The highest BCUT2D eigenvalue weighted by atomic mass is 16.4. The predicted molar refractivity (Wildman–Crippen MR) is 76.1 cm³/mol. The number of nitrogens with zero attached hydrogens (tertiary/aromatic N) is 1. The molecular formula is C15H20N2O2. The summed E-state index contributed by atoms with van der Waals surface area (Å²) in [6.07, 6.45) is 7.81. The van der Waals surface area contributed by atoms with E-state index in [1.54, 1.807) is 0 Å². The van der Waals surface area contributed by atoms with E-state index >= 15 is 0 Å². The zero-order valence-corrected chi connectivity index (χ0v) is 11.6. The molecule has 4 heteroatoms. The number of likely N-dealkylation sites (N-methyl/N-ethyl adjacent to an activating group) is 1. The van der Waals surface area contributed by atoms with E-state index in [1.807, 2.05) is 43.2 Å². The van der Waals surface area contributed by atoms with Crippen LogP contribution in [0.1, 0.15) is 42.8 Å². The van der Waals surface area contributed by atoms with Gasteiger partial charge in [0.2, 0.25) is 0 Å². The van der Waals surface area contributed by atoms with Gasteiger partial charge in [0.1, 0.15) is 6.04 Å². The first-order chi connectivity index (χ1) is 9.04. The molecule has 2 unspecified atom stereocenters. The first-order valence-corrected chi connectivity index (χ1v) is 6.49. The molecule has 1 aliphatic heterocycles. The Morgan fingerprint density at radius 2 is 2.26 bits per heavy atom. The highest BCUT2D eigenvalue weighted by Gasteiger charge is 2.35. The van der Waals surface area contributed by atoms with Gasteiger partial charge in [-0.05, 0) is 37.6 Å². The zero-order valence-electron chi connectivity index (χ0n) is 11.6. The van der Waals surface area contributed by atoms with Crippen LogP contribution >= 0.6 is 0 Å². The summed E-state index contributed by atoms with van der Waals surface area (Å²) in [5.41, 5.74) is 2.89. The van der Waals surface area contributed by atoms with Gasteiger partial charge in [-0.15, -0.1) is 0 Å². The van der Waals surface area contributed by atoms with Gasteiger partial charge < -0.3 is 10.1 Å². The normalized spacial score (nSPS) is 24.2. The number of fused-ring (bicyclic) bond motifs is 1. The Bertz CT molecular complexity index is 528. The number of rotatable bonds is 3. The Balaban J connectivity index is 2.39. The molecule has 0 aliphatic carbocycles. The van der Waals surface area contributed by atoms with Crippen molar-refractivity contribution in [2.75, 3.05) is 13.6 Å². The van der Waals surface area contributed by atoms with Crippen molar-refractivity contribution in [1.29, 1.82) is 0 Å². The largest absolute Gasteiger partial charge is 0.480 e. The van der Waals surface area contributed by atoms with E-state index in [4.69, 9.17) is 0 Å². The number of aromatic amines is 1. The van der Waals surface area contributed by atoms with Crippen LogP contribution in [0.3, 0.4) is 0 Å². The van der Waals surface area contributed by atoms with Crippen LogP contribution < -0.4 is 0 Å². The number of carboxylic acid groups (broad SMARTS) is 1. The van der Waals surface area contributed by atoms with Gasteiger partial charge in [-0.2, -0.15) is 0 Å². The third-order valence-electron chi connectivity index (χ3n) is 3.52. The van der Waals surface area contributed by atoms with Crippen LogP contribution in [0.2, 0.25) is 0 Å². The van der Waals surface area contributed by atoms with Crippen molar-refractivity contribution < 1.29 is 9.90 Å². The van der Waals surface area contributed by atoms with E-state index in [9.17, 15) is 9.90 Å². The van der Waals surface area contributed by atoms with Crippen LogP contribution in [-0.2, 0) is 4.79 Å². The lowest BCUT2D eigenvalue weighted by Crippen LogP contribution is -2.38. The van der Waals surface area contributed by atoms with Gasteiger partial charge in [-0.25, -0.2) is 0 Å². The molecule has 0 aromatic carbocycles. The van der Waals surface area contributed by atoms with E-state index in [0.717, 1.165) is 23.5 Å². The van der Waals surface area contributed by atoms with E-state index in [1.165, 1.54) is 0 Å². The molecule has 19 heavy (non-hydrogen) atoms. The molecule has 4 nitrogen and oxygen atoms in total. The van der Waals surface area contributed by atoms with Crippen molar-refractivity contribution in [2.24, 2.45) is 0 Å². The summed E-state index contributed by atoms with van der Waals surface area (Å²) in [6.45, 7) is 4.85. The minimum Gasteiger partial charge on any atom is -0.480 e. The van der Waals surface area contributed by atoms with Crippen molar-refractivity contribution in [3.05, 3.63) is 41.2 Å². The number of carbonyl (C=O) groups is 1. The van der Waals surface area contributed by atoms with E-state index < -0.39 is 12.0 Å². The fourth-order valence-corrected chi connectivity index (χ4v) is 2.67. The number of allylic oxidation sites excluding steroid dienone is 3. The van der Waals surface area contributed by atoms with Gasteiger partial charge in [0.15, 0.2) is 0 Å². The standard InChI is InChI=1S/C15H20N2O2/c1-4-5-6-7-11-8-12-10(2)9-17(3)14(15(18)19)13(12)16-11/h4-8,10,14,16H,9H2,1-3H3,(H,18,19)/b5-4-,7-6-. The van der Waals surface area contributed by atoms with E-state index in [0.29, 0.717) is 5.92 Å². The first kappa shape index (κ1) is 13.6. The molecule has 0 amide bonds. The average molecular weight is 260 g/mol. The van der Waals surface area contributed by atoms with Gasteiger partial charge >= 0.3 is 5.97 Å². The highest BCUT2D eigenvalue weighted by molar-refractivity contribution is 5.76. The van der Waals surface area contributed by atoms with Crippen LogP contribution in [0.15, 0.2) is 24.3 Å². The van der Waals surface area contributed by atoms with Gasteiger partial charge in [0.25, 0.3) is 0 Å². The Morgan fingerprint density at radius 1 is 1.53 bits per heavy atom. The molecule has 2 heterocycles. The minimum atomic E-state index is -0.804. The molecule has 0 saturated heterocycles. The van der Waals surface area contributed by atoms with Crippen LogP contribution in [0.5, 0.6) is 0 Å². The smallest absolute Gasteiger partial charge is 0.327 e. The fraction of sp³-hybridized carbons (Fsp3) is 0.400. The second-order valence-electron chi connectivity index (χ2n) is 5.06. The van der Waals surface area contributed by atoms with Gasteiger partial charge in [0.05, 0.1) is 0 Å². The topological polar surface area (TPSA) is 56.3 Å². The summed E-state index contributed by atoms with van der Waals surface area (Å²) in [6, 6.07) is 1.48. The Labute approximate surface area is 113 Å². The summed E-state index contributed by atoms with van der Waals surface area (Å²) in [5.74, 6) is -0.461. The van der Waals surface area contributed by atoms with Crippen molar-refractivity contribution in [3.63, 3.8) is 0 Å². The maximum Gasteiger partial charge on any atom is 0.327 e. The maximum atomic E-state index is 11.4. The molecule has 0 bridgehead atoms. The summed E-state index contributed by atoms with van der Waals surface area (Å²) in [7, 11) is 1.86. The fourth-order valence-electron chi connectivity index (χ4n) is 2.67. The van der Waals surface area contributed by atoms with Crippen molar-refractivity contribution in [3.8, 4) is 0 Å². The van der Waals surface area contributed by atoms with Gasteiger partial charge in [-0.3, -0.25) is 9.69 Å². The number of hydrogen-bond acceptors (Lipinski definition) is 2. The molecule has 0 saturated carbocycles. The monoisotopic (exact) mass is 260 g/mol.